The lowest BCUT2D eigenvalue weighted by Gasteiger charge is -2.06. The van der Waals surface area contributed by atoms with Crippen LogP contribution in [0, 0.1) is 0 Å². The van der Waals surface area contributed by atoms with E-state index in [4.69, 9.17) is 4.74 Å². The third-order valence-corrected chi connectivity index (χ3v) is 2.59. The first-order valence-electron chi connectivity index (χ1n) is 6.19. The number of nitrogens with zero attached hydrogens (tertiary/aromatic N) is 1. The van der Waals surface area contributed by atoms with E-state index in [0.717, 1.165) is 5.56 Å². The maximum atomic E-state index is 11.5. The van der Waals surface area contributed by atoms with Gasteiger partial charge < -0.3 is 9.47 Å². The van der Waals surface area contributed by atoms with E-state index in [1.54, 1.807) is 12.1 Å². The Morgan fingerprint density at radius 2 is 2.00 bits per heavy atom. The van der Waals surface area contributed by atoms with Gasteiger partial charge in [0.15, 0.2) is 11.4 Å². The number of benzene rings is 1. The van der Waals surface area contributed by atoms with Crippen LogP contribution in [0.2, 0.25) is 0 Å². The molecule has 20 heavy (non-hydrogen) atoms. The molecule has 0 N–H and O–H groups in total. The molecular formula is C16H15NO3. The molecule has 4 heteroatoms. The molecule has 0 amide bonds. The highest BCUT2D eigenvalue weighted by molar-refractivity contribution is 5.90. The van der Waals surface area contributed by atoms with Crippen molar-refractivity contribution >= 4 is 12.0 Å². The van der Waals surface area contributed by atoms with E-state index in [-0.39, 0.29) is 5.69 Å². The molecule has 1 aromatic heterocycles. The van der Waals surface area contributed by atoms with Gasteiger partial charge in [-0.3, -0.25) is 0 Å². The Morgan fingerprint density at radius 3 is 2.75 bits per heavy atom. The van der Waals surface area contributed by atoms with Gasteiger partial charge in [0.05, 0.1) is 7.11 Å². The Kier molecular flexibility index (Phi) is 4.89. The van der Waals surface area contributed by atoms with Gasteiger partial charge in [0.2, 0.25) is 0 Å². The number of rotatable bonds is 5. The number of carbonyl (C=O) groups excluding carboxylic acids is 1. The lowest BCUT2D eigenvalue weighted by Crippen LogP contribution is -2.07. The second-order valence-corrected chi connectivity index (χ2v) is 3.97. The maximum Gasteiger partial charge on any atom is 0.360 e. The normalized spacial score (nSPS) is 10.4. The highest BCUT2D eigenvalue weighted by atomic mass is 16.5. The first-order chi connectivity index (χ1) is 9.81. The van der Waals surface area contributed by atoms with E-state index in [2.05, 4.69) is 9.72 Å². The third-order valence-electron chi connectivity index (χ3n) is 2.59. The zero-order valence-electron chi connectivity index (χ0n) is 11.2. The van der Waals surface area contributed by atoms with Crippen LogP contribution in [0.15, 0.2) is 54.7 Å². The fraction of sp³-hybridized carbons (Fsp3) is 0.125. The Hall–Kier alpha value is -2.62. The zero-order valence-corrected chi connectivity index (χ0v) is 11.2. The summed E-state index contributed by atoms with van der Waals surface area (Å²) < 4.78 is 10.2. The van der Waals surface area contributed by atoms with Crippen LogP contribution >= 0.6 is 0 Å². The van der Waals surface area contributed by atoms with Crippen LogP contribution in [0.4, 0.5) is 0 Å². The van der Waals surface area contributed by atoms with Crippen molar-refractivity contribution in [1.29, 1.82) is 0 Å². The van der Waals surface area contributed by atoms with Crippen molar-refractivity contribution in [3.63, 3.8) is 0 Å². The van der Waals surface area contributed by atoms with Gasteiger partial charge in [-0.2, -0.15) is 0 Å². The Bertz CT molecular complexity index is 594. The standard InChI is InChI=1S/C16H15NO3/c1-19-16(18)15-14(10-5-11-17-15)20-12-6-9-13-7-3-2-4-8-13/h2-11H,12H2,1H3/b9-6+. The largest absolute Gasteiger partial charge is 0.487 e. The maximum absolute atomic E-state index is 11.5. The first-order valence-corrected chi connectivity index (χ1v) is 6.19. The van der Waals surface area contributed by atoms with Gasteiger partial charge in [-0.05, 0) is 23.8 Å². The first kappa shape index (κ1) is 13.8. The molecule has 0 radical (unpaired) electrons. The van der Waals surface area contributed by atoms with Crippen LogP contribution in [0.3, 0.4) is 0 Å². The molecule has 2 rings (SSSR count). The van der Waals surface area contributed by atoms with Gasteiger partial charge in [0.25, 0.3) is 0 Å². The molecule has 1 heterocycles. The van der Waals surface area contributed by atoms with E-state index in [1.165, 1.54) is 13.3 Å². The molecule has 0 saturated carbocycles. The van der Waals surface area contributed by atoms with E-state index < -0.39 is 5.97 Å². The quantitative estimate of drug-likeness (QED) is 0.783. The Labute approximate surface area is 117 Å². The molecule has 102 valence electrons. The number of carbonyl (C=O) groups is 1. The van der Waals surface area contributed by atoms with Crippen LogP contribution in [0.5, 0.6) is 5.75 Å². The number of hydrogen-bond acceptors (Lipinski definition) is 4. The van der Waals surface area contributed by atoms with Crippen molar-refractivity contribution in [2.75, 3.05) is 13.7 Å². The van der Waals surface area contributed by atoms with E-state index in [0.29, 0.717) is 12.4 Å². The highest BCUT2D eigenvalue weighted by Crippen LogP contribution is 2.16. The minimum Gasteiger partial charge on any atom is -0.487 e. The fourth-order valence-electron chi connectivity index (χ4n) is 1.64. The van der Waals surface area contributed by atoms with Crippen molar-refractivity contribution in [2.24, 2.45) is 0 Å². The van der Waals surface area contributed by atoms with Gasteiger partial charge in [-0.1, -0.05) is 36.4 Å². The average Bonchev–Trinajstić information content (AvgIpc) is 2.52. The number of aromatic nitrogens is 1. The monoisotopic (exact) mass is 269 g/mol. The topological polar surface area (TPSA) is 48.4 Å². The molecule has 0 atom stereocenters. The molecule has 0 aliphatic rings. The number of hydrogen-bond donors (Lipinski definition) is 0. The zero-order chi connectivity index (χ0) is 14.2. The highest BCUT2D eigenvalue weighted by Gasteiger charge is 2.13. The predicted octanol–water partition coefficient (Wildman–Crippen LogP) is 2.96. The summed E-state index contributed by atoms with van der Waals surface area (Å²) in [7, 11) is 1.32. The second kappa shape index (κ2) is 7.09. The van der Waals surface area contributed by atoms with E-state index in [9.17, 15) is 4.79 Å². The lowest BCUT2D eigenvalue weighted by atomic mass is 10.2. The summed E-state index contributed by atoms with van der Waals surface area (Å²) in [5, 5.41) is 0. The van der Waals surface area contributed by atoms with Crippen LogP contribution < -0.4 is 4.74 Å². The molecule has 0 aliphatic carbocycles. The Morgan fingerprint density at radius 1 is 1.20 bits per heavy atom. The SMILES string of the molecule is COC(=O)c1ncccc1OC/C=C/c1ccccc1. The van der Waals surface area contributed by atoms with Crippen molar-refractivity contribution in [2.45, 2.75) is 0 Å². The van der Waals surface area contributed by atoms with Crippen LogP contribution in [-0.4, -0.2) is 24.7 Å². The van der Waals surface area contributed by atoms with Crippen molar-refractivity contribution in [3.8, 4) is 5.75 Å². The second-order valence-electron chi connectivity index (χ2n) is 3.97. The van der Waals surface area contributed by atoms with Gasteiger partial charge in [-0.15, -0.1) is 0 Å². The number of ether oxygens (including phenoxy) is 2. The van der Waals surface area contributed by atoms with Crippen molar-refractivity contribution < 1.29 is 14.3 Å². The van der Waals surface area contributed by atoms with Gasteiger partial charge in [0, 0.05) is 6.20 Å². The molecule has 0 bridgehead atoms. The van der Waals surface area contributed by atoms with Crippen molar-refractivity contribution in [1.82, 2.24) is 4.98 Å². The van der Waals surface area contributed by atoms with E-state index in [1.807, 2.05) is 42.5 Å². The van der Waals surface area contributed by atoms with Crippen LogP contribution in [0.1, 0.15) is 16.1 Å². The molecule has 2 aromatic rings. The molecule has 1 aromatic carbocycles. The summed E-state index contributed by atoms with van der Waals surface area (Å²) in [5.74, 6) is -0.0929. The smallest absolute Gasteiger partial charge is 0.360 e. The summed E-state index contributed by atoms with van der Waals surface area (Å²) >= 11 is 0. The summed E-state index contributed by atoms with van der Waals surface area (Å²) in [6, 6.07) is 13.3. The van der Waals surface area contributed by atoms with E-state index >= 15 is 0 Å². The van der Waals surface area contributed by atoms with Crippen LogP contribution in [0.25, 0.3) is 6.08 Å². The molecule has 0 saturated heterocycles. The molecule has 0 aliphatic heterocycles. The summed E-state index contributed by atoms with van der Waals surface area (Å²) in [4.78, 5) is 15.5. The summed E-state index contributed by atoms with van der Waals surface area (Å²) in [5.41, 5.74) is 1.28. The predicted molar refractivity (Wildman–Crippen MR) is 76.5 cm³/mol. The molecule has 4 nitrogen and oxygen atoms in total. The number of methoxy groups -OCH3 is 1. The molecule has 0 spiro atoms. The molecule has 0 unspecified atom stereocenters. The average molecular weight is 269 g/mol. The minimum absolute atomic E-state index is 0.183. The summed E-state index contributed by atoms with van der Waals surface area (Å²) in [6.45, 7) is 0.352. The van der Waals surface area contributed by atoms with Gasteiger partial charge in [0.1, 0.15) is 6.61 Å². The third kappa shape index (κ3) is 3.68. The molecule has 0 fully saturated rings. The number of pyridine rings is 1. The summed E-state index contributed by atoms with van der Waals surface area (Å²) in [6.07, 6.45) is 5.36. The fourth-order valence-corrected chi connectivity index (χ4v) is 1.64. The van der Waals surface area contributed by atoms with Crippen LogP contribution in [-0.2, 0) is 4.74 Å². The van der Waals surface area contributed by atoms with Gasteiger partial charge in [-0.25, -0.2) is 9.78 Å². The number of esters is 1. The van der Waals surface area contributed by atoms with Crippen molar-refractivity contribution in [3.05, 3.63) is 66.0 Å². The Balaban J connectivity index is 1.98. The lowest BCUT2D eigenvalue weighted by molar-refractivity contribution is 0.0589. The van der Waals surface area contributed by atoms with Gasteiger partial charge >= 0.3 is 5.97 Å². The molecular weight excluding hydrogens is 254 g/mol. The minimum atomic E-state index is -0.507.